The lowest BCUT2D eigenvalue weighted by Crippen LogP contribution is -2.80. The summed E-state index contributed by atoms with van der Waals surface area (Å²) in [6.07, 6.45) is -52.6. The molecule has 314 valence electrons. The summed E-state index contributed by atoms with van der Waals surface area (Å²) in [4.78, 5) is 0. The quantitative estimate of drug-likeness (QED) is 0.0753. The van der Waals surface area contributed by atoms with Crippen molar-refractivity contribution in [1.29, 1.82) is 0 Å². The summed E-state index contributed by atoms with van der Waals surface area (Å²) in [5.41, 5.74) is -9.87. The molecule has 0 saturated heterocycles. The van der Waals surface area contributed by atoms with Gasteiger partial charge in [0.25, 0.3) is 9.84 Å². The largest absolute Gasteiger partial charge is 0.594 e. The standard InChI is InChI=1S/C13F31NO5SSi/c14-1(15,4(20,21)22)2(16,17)11(38,39)51(46,47)13(42,7(29,30)31)50-52(48-9(34,35)5(23,24)25,49-10(36,37)6(26,27)28)12(40,41)3(18,19)8(32,33)45(43)44. The second-order valence-corrected chi connectivity index (χ2v) is 12.9. The molecule has 0 aliphatic rings. The van der Waals surface area contributed by atoms with Crippen LogP contribution in [0.25, 0.3) is 0 Å². The van der Waals surface area contributed by atoms with E-state index in [4.69, 9.17) is 0 Å². The van der Waals surface area contributed by atoms with Crippen molar-refractivity contribution in [3.05, 3.63) is 0 Å². The molecule has 0 aliphatic carbocycles. The lowest BCUT2D eigenvalue weighted by atomic mass is 10.1. The molecule has 0 aromatic carbocycles. The summed E-state index contributed by atoms with van der Waals surface area (Å²) in [5, 5.41) is -24.4. The predicted molar refractivity (Wildman–Crippen MR) is 89.6 cm³/mol. The van der Waals surface area contributed by atoms with E-state index in [2.05, 4.69) is 0 Å². The predicted octanol–water partition coefficient (Wildman–Crippen LogP) is 8.79. The van der Waals surface area contributed by atoms with Gasteiger partial charge in [-0.25, -0.2) is 8.42 Å². The van der Waals surface area contributed by atoms with Gasteiger partial charge in [-0.15, -0.1) is 0 Å². The third-order valence-electron chi connectivity index (χ3n) is 4.96. The van der Waals surface area contributed by atoms with E-state index in [1.807, 2.05) is 0 Å². The lowest BCUT2D eigenvalue weighted by molar-refractivity contribution is -0.443. The summed E-state index contributed by atoms with van der Waals surface area (Å²) in [7, 11) is -23.2. The Morgan fingerprint density at radius 1 is 0.404 bits per heavy atom. The Balaban J connectivity index is 9.13. The van der Waals surface area contributed by atoms with Gasteiger partial charge in [0.1, 0.15) is 0 Å². The lowest BCUT2D eigenvalue weighted by Gasteiger charge is -2.45. The topological polar surface area (TPSA) is 65.1 Å². The van der Waals surface area contributed by atoms with Gasteiger partial charge in [0, 0.05) is 0 Å². The summed E-state index contributed by atoms with van der Waals surface area (Å²) in [6.45, 7) is 0. The maximum Gasteiger partial charge on any atom is 0.594 e. The van der Waals surface area contributed by atoms with Crippen molar-refractivity contribution in [1.82, 2.24) is 5.34 Å². The van der Waals surface area contributed by atoms with Crippen LogP contribution >= 0.6 is 0 Å². The van der Waals surface area contributed by atoms with Gasteiger partial charge in [0.05, 0.1) is 5.34 Å². The molecule has 0 rings (SSSR count). The first-order chi connectivity index (χ1) is 21.8. The first kappa shape index (κ1) is 49.8. The average Bonchev–Trinajstić information content (AvgIpc) is 2.84. The van der Waals surface area contributed by atoms with Crippen LogP contribution in [0.4, 0.5) is 136 Å². The highest BCUT2D eigenvalue weighted by molar-refractivity contribution is 7.93. The second kappa shape index (κ2) is 12.7. The molecule has 0 N–H and O–H groups in total. The van der Waals surface area contributed by atoms with Crippen LogP contribution in [0.5, 0.6) is 0 Å². The summed E-state index contributed by atoms with van der Waals surface area (Å²) in [6, 6.07) is -8.76. The fourth-order valence-electron chi connectivity index (χ4n) is 2.33. The Morgan fingerprint density at radius 2 is 0.712 bits per heavy atom. The molecule has 0 fully saturated rings. The zero-order chi connectivity index (χ0) is 43.2. The zero-order valence-electron chi connectivity index (χ0n) is 21.6. The highest BCUT2D eigenvalue weighted by Gasteiger charge is 2.96. The van der Waals surface area contributed by atoms with Crippen molar-refractivity contribution >= 4 is 18.6 Å². The third-order valence-corrected chi connectivity index (χ3v) is 9.73. The maximum atomic E-state index is 15.0. The molecule has 0 radical (unpaired) electrons. The number of sulfone groups is 1. The maximum absolute atomic E-state index is 15.0. The number of nitrogens with zero attached hydrogens (tertiary/aromatic N) is 1. The second-order valence-electron chi connectivity index (χ2n) is 8.52. The van der Waals surface area contributed by atoms with E-state index in [0.717, 1.165) is 13.3 Å². The first-order valence-corrected chi connectivity index (χ1v) is 13.5. The Kier molecular flexibility index (Phi) is 12.2. The Hall–Kier alpha value is -2.16. The van der Waals surface area contributed by atoms with Gasteiger partial charge in [-0.3, -0.25) is 0 Å². The minimum atomic E-state index is -12.2. The SMILES string of the molecule is O=S(=O)(C(F)(F)C(F)(F)C(F)(F)C(F)(F)F)C(F)(O[Si](OC(F)(F)C(F)(F)F)(OC(F)(F)C(F)(F)F)C(F)(F)C(F)(F)C(F)(F)N(F)F)C(F)(F)F. The third kappa shape index (κ3) is 7.19. The number of hydrogen-bond acceptors (Lipinski definition) is 6. The Bertz CT molecular complexity index is 1370. The summed E-state index contributed by atoms with van der Waals surface area (Å²) < 4.78 is 439. The van der Waals surface area contributed by atoms with Gasteiger partial charge in [-0.05, 0) is 0 Å². The van der Waals surface area contributed by atoms with Gasteiger partial charge in [0.2, 0.25) is 0 Å². The number of hydrogen-bond donors (Lipinski definition) is 0. The number of halogens is 31. The van der Waals surface area contributed by atoms with Gasteiger partial charge >= 0.3 is 85.5 Å². The number of alkyl halides is 29. The van der Waals surface area contributed by atoms with Crippen LogP contribution < -0.4 is 0 Å². The van der Waals surface area contributed by atoms with Crippen LogP contribution in [0.1, 0.15) is 0 Å². The van der Waals surface area contributed by atoms with Crippen LogP contribution in [0.15, 0.2) is 0 Å². The van der Waals surface area contributed by atoms with Crippen molar-refractivity contribution in [3.8, 4) is 0 Å². The molecule has 0 aromatic heterocycles. The van der Waals surface area contributed by atoms with Gasteiger partial charge in [0.15, 0.2) is 0 Å². The Morgan fingerprint density at radius 3 is 0.942 bits per heavy atom. The average molecular weight is 899 g/mol. The molecule has 6 nitrogen and oxygen atoms in total. The van der Waals surface area contributed by atoms with Crippen molar-refractivity contribution in [2.75, 3.05) is 0 Å². The van der Waals surface area contributed by atoms with Gasteiger partial charge in [-0.1, -0.05) is 8.96 Å². The number of rotatable bonds is 14. The monoisotopic (exact) mass is 899 g/mol. The van der Waals surface area contributed by atoms with E-state index in [9.17, 15) is 140 Å². The molecule has 1 unspecified atom stereocenters. The van der Waals surface area contributed by atoms with Crippen molar-refractivity contribution in [2.45, 2.75) is 76.7 Å². The molecular weight excluding hydrogens is 899 g/mol. The molecular formula is C13F31NO5SSi. The van der Waals surface area contributed by atoms with Gasteiger partial charge in [-0.2, -0.15) is 127 Å². The minimum Gasteiger partial charge on any atom is -0.316 e. The fraction of sp³-hybridized carbons (Fsp3) is 1.00. The normalized spacial score (nSPS) is 17.8. The molecule has 0 heterocycles. The summed E-state index contributed by atoms with van der Waals surface area (Å²) >= 11 is 0. The van der Waals surface area contributed by atoms with Crippen LogP contribution in [0.2, 0.25) is 0 Å². The van der Waals surface area contributed by atoms with E-state index in [0.29, 0.717) is 0 Å². The van der Waals surface area contributed by atoms with Crippen LogP contribution in [0, 0.1) is 0 Å². The van der Waals surface area contributed by atoms with E-state index in [1.54, 1.807) is 0 Å². The summed E-state index contributed by atoms with van der Waals surface area (Å²) in [5.74, 6) is -27.9. The Labute approximate surface area is 260 Å². The molecule has 0 aliphatic heterocycles. The highest BCUT2D eigenvalue weighted by Crippen LogP contribution is 2.62. The van der Waals surface area contributed by atoms with Crippen molar-refractivity contribution in [3.63, 3.8) is 0 Å². The molecule has 0 aromatic rings. The molecule has 0 saturated carbocycles. The van der Waals surface area contributed by atoms with Crippen molar-refractivity contribution < 1.29 is 158 Å². The van der Waals surface area contributed by atoms with Crippen LogP contribution in [-0.2, 0) is 23.1 Å². The van der Waals surface area contributed by atoms with E-state index < -0.39 is 101 Å². The van der Waals surface area contributed by atoms with Crippen LogP contribution in [-0.4, -0.2) is 99.3 Å². The smallest absolute Gasteiger partial charge is 0.316 e. The first-order valence-electron chi connectivity index (χ1n) is 10.3. The van der Waals surface area contributed by atoms with E-state index >= 15 is 4.39 Å². The van der Waals surface area contributed by atoms with Crippen molar-refractivity contribution in [2.24, 2.45) is 0 Å². The molecule has 52 heavy (non-hydrogen) atoms. The van der Waals surface area contributed by atoms with Gasteiger partial charge < -0.3 is 13.3 Å². The molecule has 0 spiro atoms. The van der Waals surface area contributed by atoms with E-state index in [1.165, 1.54) is 0 Å². The molecule has 0 amide bonds. The fourth-order valence-corrected chi connectivity index (χ4v) is 6.61. The molecule has 39 heteroatoms. The zero-order valence-corrected chi connectivity index (χ0v) is 23.4. The van der Waals surface area contributed by atoms with E-state index in [-0.39, 0.29) is 0 Å². The highest BCUT2D eigenvalue weighted by atomic mass is 32.2. The molecule has 1 atom stereocenters. The van der Waals surface area contributed by atoms with Crippen LogP contribution in [0.3, 0.4) is 0 Å². The minimum absolute atomic E-state index is 1.01. The molecule has 0 bridgehead atoms.